The maximum atomic E-state index is 13.0. The molecule has 0 saturated carbocycles. The average Bonchev–Trinajstić information content (AvgIpc) is 3.04. The number of hydrogen-bond acceptors (Lipinski definition) is 4. The largest absolute Gasteiger partial charge is 0.484 e. The van der Waals surface area contributed by atoms with Gasteiger partial charge in [-0.15, -0.1) is 0 Å². The van der Waals surface area contributed by atoms with Crippen LogP contribution in [-0.2, 0) is 6.61 Å². The van der Waals surface area contributed by atoms with Crippen molar-refractivity contribution in [1.29, 1.82) is 0 Å². The first kappa shape index (κ1) is 16.0. The molecule has 1 aromatic carbocycles. The van der Waals surface area contributed by atoms with Gasteiger partial charge in [0, 0.05) is 18.1 Å². The van der Waals surface area contributed by atoms with Gasteiger partial charge < -0.3 is 14.5 Å². The summed E-state index contributed by atoms with van der Waals surface area (Å²) in [4.78, 5) is 15.9. The monoisotopic (exact) mass is 346 g/mol. The van der Waals surface area contributed by atoms with Crippen molar-refractivity contribution in [3.63, 3.8) is 0 Å². The van der Waals surface area contributed by atoms with E-state index in [1.807, 2.05) is 0 Å². The first-order chi connectivity index (χ1) is 11.6. The summed E-state index contributed by atoms with van der Waals surface area (Å²) in [6.07, 6.45) is 3.15. The number of carbonyl (C=O) groups excluding carboxylic acids is 1. The summed E-state index contributed by atoms with van der Waals surface area (Å²) in [7, 11) is 0. The van der Waals surface area contributed by atoms with Crippen LogP contribution in [0.5, 0.6) is 5.75 Å². The van der Waals surface area contributed by atoms with E-state index in [-0.39, 0.29) is 23.3 Å². The summed E-state index contributed by atoms with van der Waals surface area (Å²) in [5.74, 6) is 0.0934. The Kier molecular flexibility index (Phi) is 4.77. The summed E-state index contributed by atoms with van der Waals surface area (Å²) in [5.41, 5.74) is 0.613. The van der Waals surface area contributed by atoms with Crippen molar-refractivity contribution in [3.05, 3.63) is 77.2 Å². The Hall–Kier alpha value is -2.86. The van der Waals surface area contributed by atoms with Gasteiger partial charge in [0.05, 0.1) is 5.02 Å². The van der Waals surface area contributed by atoms with Gasteiger partial charge in [-0.2, -0.15) is 0 Å². The minimum atomic E-state index is -0.444. The normalized spacial score (nSPS) is 10.4. The zero-order valence-corrected chi connectivity index (χ0v) is 13.1. The molecule has 0 radical (unpaired) electrons. The van der Waals surface area contributed by atoms with Gasteiger partial charge in [-0.25, -0.2) is 4.39 Å². The molecule has 7 heteroatoms. The summed E-state index contributed by atoms with van der Waals surface area (Å²) >= 11 is 5.88. The van der Waals surface area contributed by atoms with Gasteiger partial charge in [-0.3, -0.25) is 9.78 Å². The van der Waals surface area contributed by atoms with E-state index in [9.17, 15) is 9.18 Å². The van der Waals surface area contributed by atoms with Gasteiger partial charge in [0.2, 0.25) is 0 Å². The Morgan fingerprint density at radius 3 is 2.75 bits per heavy atom. The Labute approximate surface area is 142 Å². The highest BCUT2D eigenvalue weighted by atomic mass is 35.5. The van der Waals surface area contributed by atoms with Crippen LogP contribution in [-0.4, -0.2) is 10.9 Å². The third kappa shape index (κ3) is 3.91. The second kappa shape index (κ2) is 7.14. The zero-order chi connectivity index (χ0) is 16.9. The van der Waals surface area contributed by atoms with E-state index in [1.54, 1.807) is 36.7 Å². The van der Waals surface area contributed by atoms with Crippen LogP contribution in [0.15, 0.2) is 59.3 Å². The molecule has 2 aromatic heterocycles. The third-order valence-electron chi connectivity index (χ3n) is 3.09. The molecule has 1 N–H and O–H groups in total. The van der Waals surface area contributed by atoms with E-state index in [0.29, 0.717) is 17.2 Å². The average molecular weight is 347 g/mol. The molecule has 3 rings (SSSR count). The van der Waals surface area contributed by atoms with Crippen LogP contribution in [0.2, 0.25) is 5.02 Å². The van der Waals surface area contributed by atoms with Gasteiger partial charge >= 0.3 is 0 Å². The first-order valence-electron chi connectivity index (χ1n) is 7.00. The highest BCUT2D eigenvalue weighted by Crippen LogP contribution is 2.26. The van der Waals surface area contributed by atoms with Crippen molar-refractivity contribution in [2.45, 2.75) is 6.61 Å². The first-order valence-corrected chi connectivity index (χ1v) is 7.37. The van der Waals surface area contributed by atoms with Crippen LogP contribution in [0.3, 0.4) is 0 Å². The molecule has 0 aliphatic heterocycles. The zero-order valence-electron chi connectivity index (χ0n) is 12.3. The molecule has 0 aliphatic carbocycles. The maximum absolute atomic E-state index is 13.0. The van der Waals surface area contributed by atoms with Gasteiger partial charge in [0.15, 0.2) is 5.76 Å². The molecular formula is C17H12ClFN2O3. The lowest BCUT2D eigenvalue weighted by Gasteiger charge is -2.06. The van der Waals surface area contributed by atoms with Crippen LogP contribution in [0.25, 0.3) is 0 Å². The van der Waals surface area contributed by atoms with Crippen LogP contribution in [0.1, 0.15) is 16.3 Å². The summed E-state index contributed by atoms with van der Waals surface area (Å²) in [6.45, 7) is 0.0634. The van der Waals surface area contributed by atoms with Crippen molar-refractivity contribution in [2.24, 2.45) is 0 Å². The minimum absolute atomic E-state index is 0.0634. The molecule has 0 saturated heterocycles. The highest BCUT2D eigenvalue weighted by Gasteiger charge is 2.12. The molecule has 5 nitrogen and oxygen atoms in total. The summed E-state index contributed by atoms with van der Waals surface area (Å²) in [5, 5.41) is 2.85. The fourth-order valence-electron chi connectivity index (χ4n) is 1.95. The molecular weight excluding hydrogens is 335 g/mol. The van der Waals surface area contributed by atoms with Gasteiger partial charge in [0.1, 0.15) is 23.9 Å². The second-order valence-corrected chi connectivity index (χ2v) is 5.23. The standard InChI is InChI=1S/C17H12ClFN2O3/c18-14-9-11(19)1-3-15(14)23-10-13-2-4-16(24-13)17(22)21-12-5-7-20-8-6-12/h1-9H,10H2,(H,20,21,22). The minimum Gasteiger partial charge on any atom is -0.484 e. The Balaban J connectivity index is 1.62. The number of nitrogens with one attached hydrogen (secondary N) is 1. The van der Waals surface area contributed by atoms with E-state index in [2.05, 4.69) is 10.3 Å². The molecule has 0 fully saturated rings. The van der Waals surface area contributed by atoms with Crippen molar-refractivity contribution in [1.82, 2.24) is 4.98 Å². The number of rotatable bonds is 5. The molecule has 0 unspecified atom stereocenters. The lowest BCUT2D eigenvalue weighted by Crippen LogP contribution is -2.10. The smallest absolute Gasteiger partial charge is 0.291 e. The molecule has 3 aromatic rings. The van der Waals surface area contributed by atoms with E-state index >= 15 is 0 Å². The number of furan rings is 1. The number of benzene rings is 1. The number of anilines is 1. The molecule has 0 bridgehead atoms. The number of aromatic nitrogens is 1. The number of nitrogens with zero attached hydrogens (tertiary/aromatic N) is 1. The third-order valence-corrected chi connectivity index (χ3v) is 3.38. The predicted molar refractivity (Wildman–Crippen MR) is 86.6 cm³/mol. The van der Waals surface area contributed by atoms with Crippen LogP contribution in [0, 0.1) is 5.82 Å². The topological polar surface area (TPSA) is 64.4 Å². The molecule has 2 heterocycles. The molecule has 0 atom stereocenters. The fraction of sp³-hybridized carbons (Fsp3) is 0.0588. The quantitative estimate of drug-likeness (QED) is 0.748. The molecule has 0 spiro atoms. The Bertz CT molecular complexity index is 852. The van der Waals surface area contributed by atoms with E-state index in [1.165, 1.54) is 12.1 Å². The van der Waals surface area contributed by atoms with Crippen LogP contribution < -0.4 is 10.1 Å². The molecule has 1 amide bonds. The second-order valence-electron chi connectivity index (χ2n) is 4.82. The molecule has 122 valence electrons. The van der Waals surface area contributed by atoms with Gasteiger partial charge in [-0.1, -0.05) is 11.6 Å². The van der Waals surface area contributed by atoms with Gasteiger partial charge in [-0.05, 0) is 42.5 Å². The summed E-state index contributed by atoms with van der Waals surface area (Å²) in [6, 6.07) is 10.3. The number of halogens is 2. The van der Waals surface area contributed by atoms with Crippen LogP contribution in [0.4, 0.5) is 10.1 Å². The number of ether oxygens (including phenoxy) is 1. The van der Waals surface area contributed by atoms with Crippen LogP contribution >= 0.6 is 11.6 Å². The lowest BCUT2D eigenvalue weighted by atomic mass is 10.3. The number of amides is 1. The predicted octanol–water partition coefficient (Wildman–Crippen LogP) is 4.30. The fourth-order valence-corrected chi connectivity index (χ4v) is 2.17. The molecule has 24 heavy (non-hydrogen) atoms. The Morgan fingerprint density at radius 2 is 2.00 bits per heavy atom. The number of pyridine rings is 1. The lowest BCUT2D eigenvalue weighted by molar-refractivity contribution is 0.0992. The van der Waals surface area contributed by atoms with Crippen molar-refractivity contribution < 1.29 is 18.3 Å². The van der Waals surface area contributed by atoms with E-state index in [4.69, 9.17) is 20.8 Å². The highest BCUT2D eigenvalue weighted by molar-refractivity contribution is 6.32. The maximum Gasteiger partial charge on any atom is 0.291 e. The van der Waals surface area contributed by atoms with E-state index in [0.717, 1.165) is 6.07 Å². The summed E-state index contributed by atoms with van der Waals surface area (Å²) < 4.78 is 23.9. The van der Waals surface area contributed by atoms with E-state index < -0.39 is 5.82 Å². The van der Waals surface area contributed by atoms with Gasteiger partial charge in [0.25, 0.3) is 5.91 Å². The molecule has 0 aliphatic rings. The Morgan fingerprint density at radius 1 is 1.21 bits per heavy atom. The number of carbonyl (C=O) groups is 1. The van der Waals surface area contributed by atoms with Crippen molar-refractivity contribution >= 4 is 23.2 Å². The SMILES string of the molecule is O=C(Nc1ccncc1)c1ccc(COc2ccc(F)cc2Cl)o1. The van der Waals surface area contributed by atoms with Crippen molar-refractivity contribution in [2.75, 3.05) is 5.32 Å². The van der Waals surface area contributed by atoms with Crippen molar-refractivity contribution in [3.8, 4) is 5.75 Å². The number of hydrogen-bond donors (Lipinski definition) is 1.